The molecule has 4 rings (SSSR count). The zero-order valence-electron chi connectivity index (χ0n) is 19.0. The van der Waals surface area contributed by atoms with Gasteiger partial charge in [0, 0.05) is 36.7 Å². The Bertz CT molecular complexity index is 1300. The lowest BCUT2D eigenvalue weighted by molar-refractivity contribution is 0.177. The van der Waals surface area contributed by atoms with E-state index in [4.69, 9.17) is 4.74 Å². The third-order valence-electron chi connectivity index (χ3n) is 5.58. The largest absolute Gasteiger partial charge is 0.383 e. The number of H-pyrrole nitrogens is 1. The standard InChI is InChI=1S/C24H27FN6O2/c1-16-10-17(2)21-12-19(24(32)26-22(21)11-16)14-30(13-18-4-6-20(25)7-5-18)15-23-27-28-29-31(23)8-9-33-3/h4-7,10-12H,8-9,13-15H2,1-3H3,(H,26,32). The lowest BCUT2D eigenvalue weighted by atomic mass is 10.0. The predicted molar refractivity (Wildman–Crippen MR) is 123 cm³/mol. The van der Waals surface area contributed by atoms with Crippen LogP contribution in [0, 0.1) is 19.7 Å². The van der Waals surface area contributed by atoms with Crippen molar-refractivity contribution >= 4 is 10.9 Å². The molecule has 0 bridgehead atoms. The highest BCUT2D eigenvalue weighted by Crippen LogP contribution is 2.20. The summed E-state index contributed by atoms with van der Waals surface area (Å²) in [5, 5.41) is 13.0. The van der Waals surface area contributed by atoms with Gasteiger partial charge in [0.05, 0.1) is 19.7 Å². The van der Waals surface area contributed by atoms with Crippen molar-refractivity contribution < 1.29 is 9.13 Å². The van der Waals surface area contributed by atoms with Crippen LogP contribution in [0.25, 0.3) is 10.9 Å². The molecule has 0 amide bonds. The number of hydrogen-bond acceptors (Lipinski definition) is 6. The summed E-state index contributed by atoms with van der Waals surface area (Å²) in [6.45, 7) is 6.36. The van der Waals surface area contributed by atoms with E-state index < -0.39 is 0 Å². The molecule has 2 heterocycles. The highest BCUT2D eigenvalue weighted by Gasteiger charge is 2.16. The van der Waals surface area contributed by atoms with E-state index >= 15 is 0 Å². The van der Waals surface area contributed by atoms with Crippen LogP contribution in [-0.2, 0) is 30.9 Å². The first-order chi connectivity index (χ1) is 15.9. The van der Waals surface area contributed by atoms with Crippen LogP contribution < -0.4 is 5.56 Å². The molecule has 0 fully saturated rings. The van der Waals surface area contributed by atoms with Crippen molar-refractivity contribution in [1.29, 1.82) is 0 Å². The van der Waals surface area contributed by atoms with Crippen molar-refractivity contribution in [2.24, 2.45) is 0 Å². The Balaban J connectivity index is 1.66. The first-order valence-corrected chi connectivity index (χ1v) is 10.8. The molecule has 33 heavy (non-hydrogen) atoms. The van der Waals surface area contributed by atoms with Gasteiger partial charge < -0.3 is 9.72 Å². The summed E-state index contributed by atoms with van der Waals surface area (Å²) in [6, 6.07) is 12.4. The van der Waals surface area contributed by atoms with Crippen molar-refractivity contribution in [3.05, 3.63) is 86.7 Å². The highest BCUT2D eigenvalue weighted by atomic mass is 19.1. The SMILES string of the molecule is COCCn1nnnc1CN(Cc1ccc(F)cc1)Cc1cc2c(C)cc(C)cc2[nH]c1=O. The normalized spacial score (nSPS) is 11.5. The molecule has 0 atom stereocenters. The number of halogens is 1. The summed E-state index contributed by atoms with van der Waals surface area (Å²) in [7, 11) is 1.63. The van der Waals surface area contributed by atoms with E-state index in [2.05, 4.69) is 31.5 Å². The summed E-state index contributed by atoms with van der Waals surface area (Å²) in [5.41, 5.74) is 4.48. The van der Waals surface area contributed by atoms with E-state index in [0.717, 1.165) is 27.6 Å². The number of ether oxygens (including phenoxy) is 1. The number of fused-ring (bicyclic) bond motifs is 1. The molecule has 0 aliphatic carbocycles. The van der Waals surface area contributed by atoms with Crippen LogP contribution in [0.4, 0.5) is 4.39 Å². The van der Waals surface area contributed by atoms with E-state index in [9.17, 15) is 9.18 Å². The van der Waals surface area contributed by atoms with Crippen molar-refractivity contribution in [2.75, 3.05) is 13.7 Å². The zero-order valence-corrected chi connectivity index (χ0v) is 19.0. The summed E-state index contributed by atoms with van der Waals surface area (Å²) in [6.07, 6.45) is 0. The zero-order chi connectivity index (χ0) is 23.4. The molecular formula is C24H27FN6O2. The molecule has 0 unspecified atom stereocenters. The van der Waals surface area contributed by atoms with Gasteiger partial charge in [-0.2, -0.15) is 0 Å². The second-order valence-corrected chi connectivity index (χ2v) is 8.25. The summed E-state index contributed by atoms with van der Waals surface area (Å²) < 4.78 is 20.3. The second kappa shape index (κ2) is 10.0. The molecule has 0 saturated carbocycles. The maximum atomic E-state index is 13.4. The van der Waals surface area contributed by atoms with Crippen LogP contribution in [0.15, 0.2) is 47.3 Å². The Kier molecular flexibility index (Phi) is 6.90. The number of methoxy groups -OCH3 is 1. The average molecular weight is 451 g/mol. The Morgan fingerprint density at radius 1 is 1.09 bits per heavy atom. The molecule has 0 radical (unpaired) electrons. The van der Waals surface area contributed by atoms with E-state index in [-0.39, 0.29) is 11.4 Å². The van der Waals surface area contributed by atoms with Gasteiger partial charge in [-0.25, -0.2) is 9.07 Å². The Labute approximate surface area is 191 Å². The first kappa shape index (κ1) is 22.8. The fourth-order valence-corrected chi connectivity index (χ4v) is 3.98. The van der Waals surface area contributed by atoms with Gasteiger partial charge in [0.1, 0.15) is 5.82 Å². The number of aryl methyl sites for hydroxylation is 2. The molecule has 2 aromatic carbocycles. The fraction of sp³-hybridized carbons (Fsp3) is 0.333. The van der Waals surface area contributed by atoms with E-state index in [1.54, 1.807) is 23.9 Å². The maximum absolute atomic E-state index is 13.4. The topological polar surface area (TPSA) is 88.9 Å². The third kappa shape index (κ3) is 5.50. The van der Waals surface area contributed by atoms with Crippen LogP contribution in [-0.4, -0.2) is 43.8 Å². The van der Waals surface area contributed by atoms with Crippen LogP contribution in [0.5, 0.6) is 0 Å². The van der Waals surface area contributed by atoms with E-state index in [0.29, 0.717) is 44.2 Å². The molecule has 9 heteroatoms. The van der Waals surface area contributed by atoms with Gasteiger partial charge in [-0.15, -0.1) is 5.10 Å². The first-order valence-electron chi connectivity index (χ1n) is 10.8. The number of benzene rings is 2. The molecule has 0 spiro atoms. The number of tetrazole rings is 1. The highest BCUT2D eigenvalue weighted by molar-refractivity contribution is 5.83. The minimum atomic E-state index is -0.287. The second-order valence-electron chi connectivity index (χ2n) is 8.25. The van der Waals surface area contributed by atoms with Crippen molar-refractivity contribution in [1.82, 2.24) is 30.1 Å². The lowest BCUT2D eigenvalue weighted by Gasteiger charge is -2.22. The van der Waals surface area contributed by atoms with Gasteiger partial charge in [-0.1, -0.05) is 18.2 Å². The van der Waals surface area contributed by atoms with Gasteiger partial charge >= 0.3 is 0 Å². The minimum Gasteiger partial charge on any atom is -0.383 e. The minimum absolute atomic E-state index is 0.129. The predicted octanol–water partition coefficient (Wildman–Crippen LogP) is 3.12. The molecule has 4 aromatic rings. The number of hydrogen-bond donors (Lipinski definition) is 1. The van der Waals surface area contributed by atoms with Crippen LogP contribution in [0.1, 0.15) is 28.1 Å². The lowest BCUT2D eigenvalue weighted by Crippen LogP contribution is -2.28. The number of aromatic amines is 1. The number of pyridine rings is 1. The number of aromatic nitrogens is 5. The fourth-order valence-electron chi connectivity index (χ4n) is 3.98. The van der Waals surface area contributed by atoms with Gasteiger partial charge in [0.15, 0.2) is 5.82 Å². The summed E-state index contributed by atoms with van der Waals surface area (Å²) in [4.78, 5) is 18.0. The Hall–Kier alpha value is -3.43. The monoisotopic (exact) mass is 450 g/mol. The molecule has 0 aliphatic rings. The molecule has 1 N–H and O–H groups in total. The summed E-state index contributed by atoms with van der Waals surface area (Å²) >= 11 is 0. The smallest absolute Gasteiger partial charge is 0.252 e. The van der Waals surface area contributed by atoms with Gasteiger partial charge in [0.2, 0.25) is 0 Å². The molecule has 172 valence electrons. The molecular weight excluding hydrogens is 423 g/mol. The number of nitrogens with zero attached hydrogens (tertiary/aromatic N) is 5. The van der Waals surface area contributed by atoms with Crippen molar-refractivity contribution in [3.63, 3.8) is 0 Å². The van der Waals surface area contributed by atoms with Crippen molar-refractivity contribution in [3.8, 4) is 0 Å². The third-order valence-corrected chi connectivity index (χ3v) is 5.58. The number of nitrogens with one attached hydrogen (secondary N) is 1. The average Bonchev–Trinajstić information content (AvgIpc) is 3.21. The van der Waals surface area contributed by atoms with Crippen LogP contribution >= 0.6 is 0 Å². The van der Waals surface area contributed by atoms with Crippen LogP contribution in [0.2, 0.25) is 0 Å². The van der Waals surface area contributed by atoms with E-state index in [1.807, 2.05) is 26.0 Å². The quantitative estimate of drug-likeness (QED) is 0.422. The Morgan fingerprint density at radius 2 is 1.88 bits per heavy atom. The molecule has 0 aliphatic heterocycles. The number of rotatable bonds is 9. The van der Waals surface area contributed by atoms with E-state index in [1.165, 1.54) is 12.1 Å². The van der Waals surface area contributed by atoms with Crippen LogP contribution in [0.3, 0.4) is 0 Å². The van der Waals surface area contributed by atoms with Gasteiger partial charge in [0.25, 0.3) is 5.56 Å². The van der Waals surface area contributed by atoms with Gasteiger partial charge in [-0.05, 0) is 65.2 Å². The van der Waals surface area contributed by atoms with Crippen molar-refractivity contribution in [2.45, 2.75) is 40.0 Å². The molecule has 0 saturated heterocycles. The summed E-state index contributed by atoms with van der Waals surface area (Å²) in [5.74, 6) is 0.378. The molecule has 8 nitrogen and oxygen atoms in total. The van der Waals surface area contributed by atoms with Gasteiger partial charge in [-0.3, -0.25) is 9.69 Å². The maximum Gasteiger partial charge on any atom is 0.252 e. The molecule has 2 aromatic heterocycles. The Morgan fingerprint density at radius 3 is 2.64 bits per heavy atom.